The van der Waals surface area contributed by atoms with Crippen LogP contribution in [0.5, 0.6) is 0 Å². The molecule has 104 valence electrons. The largest absolute Gasteiger partial charge is 0.380 e. The van der Waals surface area contributed by atoms with Gasteiger partial charge >= 0.3 is 0 Å². The molecule has 0 aliphatic carbocycles. The molecule has 0 aliphatic rings. The number of rotatable bonds is 3. The predicted molar refractivity (Wildman–Crippen MR) is 86.4 cm³/mol. The SMILES string of the molecule is CC(C)(C)c1ccc(CNc2ccc3[nH]ncc3c2)s1. The molecule has 3 aromatic rings. The predicted octanol–water partition coefficient (Wildman–Crippen LogP) is 4.53. The molecule has 20 heavy (non-hydrogen) atoms. The van der Waals surface area contributed by atoms with Crippen LogP contribution in [-0.2, 0) is 12.0 Å². The quantitative estimate of drug-likeness (QED) is 0.742. The second kappa shape index (κ2) is 4.94. The normalized spacial score (nSPS) is 11.9. The number of benzene rings is 1. The molecule has 2 N–H and O–H groups in total. The Balaban J connectivity index is 1.71. The van der Waals surface area contributed by atoms with Crippen LogP contribution in [0.4, 0.5) is 5.69 Å². The summed E-state index contributed by atoms with van der Waals surface area (Å²) in [7, 11) is 0. The monoisotopic (exact) mass is 285 g/mol. The Morgan fingerprint density at radius 2 is 2.05 bits per heavy atom. The zero-order chi connectivity index (χ0) is 14.2. The van der Waals surface area contributed by atoms with Crippen LogP contribution < -0.4 is 5.32 Å². The zero-order valence-electron chi connectivity index (χ0n) is 12.0. The van der Waals surface area contributed by atoms with Crippen LogP contribution in [0.1, 0.15) is 30.5 Å². The highest BCUT2D eigenvalue weighted by atomic mass is 32.1. The number of hydrogen-bond donors (Lipinski definition) is 2. The molecule has 0 amide bonds. The van der Waals surface area contributed by atoms with Crippen LogP contribution in [0, 0.1) is 0 Å². The van der Waals surface area contributed by atoms with Gasteiger partial charge in [0.2, 0.25) is 0 Å². The van der Waals surface area contributed by atoms with Gasteiger partial charge in [0.25, 0.3) is 0 Å². The molecule has 1 aromatic carbocycles. The summed E-state index contributed by atoms with van der Waals surface area (Å²) >= 11 is 1.88. The number of nitrogens with one attached hydrogen (secondary N) is 2. The highest BCUT2D eigenvalue weighted by molar-refractivity contribution is 7.12. The lowest BCUT2D eigenvalue weighted by Crippen LogP contribution is -2.07. The molecule has 0 unspecified atom stereocenters. The van der Waals surface area contributed by atoms with E-state index < -0.39 is 0 Å². The maximum atomic E-state index is 4.04. The fourth-order valence-electron chi connectivity index (χ4n) is 2.12. The second-order valence-corrected chi connectivity index (χ2v) is 7.21. The van der Waals surface area contributed by atoms with Gasteiger partial charge in [-0.3, -0.25) is 5.10 Å². The van der Waals surface area contributed by atoms with E-state index in [4.69, 9.17) is 0 Å². The molecule has 0 aliphatic heterocycles. The number of aromatic amines is 1. The van der Waals surface area contributed by atoms with Gasteiger partial charge in [0.1, 0.15) is 0 Å². The van der Waals surface area contributed by atoms with Gasteiger partial charge in [-0.05, 0) is 35.7 Å². The number of H-pyrrole nitrogens is 1. The summed E-state index contributed by atoms with van der Waals surface area (Å²) in [6.45, 7) is 7.62. The van der Waals surface area contributed by atoms with Crippen molar-refractivity contribution in [1.29, 1.82) is 0 Å². The molecular weight excluding hydrogens is 266 g/mol. The van der Waals surface area contributed by atoms with Crippen LogP contribution in [-0.4, -0.2) is 10.2 Å². The summed E-state index contributed by atoms with van der Waals surface area (Å²) in [5, 5.41) is 11.6. The Bertz CT molecular complexity index is 718. The van der Waals surface area contributed by atoms with Crippen molar-refractivity contribution in [3.8, 4) is 0 Å². The van der Waals surface area contributed by atoms with Gasteiger partial charge in [0, 0.05) is 27.4 Å². The molecule has 3 nitrogen and oxygen atoms in total. The van der Waals surface area contributed by atoms with Crippen LogP contribution >= 0.6 is 11.3 Å². The fourth-order valence-corrected chi connectivity index (χ4v) is 3.12. The number of thiophene rings is 1. The van der Waals surface area contributed by atoms with E-state index in [1.54, 1.807) is 0 Å². The number of fused-ring (bicyclic) bond motifs is 1. The minimum Gasteiger partial charge on any atom is -0.380 e. The Hall–Kier alpha value is -1.81. The van der Waals surface area contributed by atoms with E-state index in [9.17, 15) is 0 Å². The summed E-state index contributed by atoms with van der Waals surface area (Å²) in [4.78, 5) is 2.79. The smallest absolute Gasteiger partial charge is 0.0651 e. The minimum absolute atomic E-state index is 0.235. The molecule has 0 saturated carbocycles. The lowest BCUT2D eigenvalue weighted by atomic mass is 9.95. The molecule has 0 saturated heterocycles. The maximum Gasteiger partial charge on any atom is 0.0651 e. The number of aromatic nitrogens is 2. The van der Waals surface area contributed by atoms with Crippen molar-refractivity contribution in [3.63, 3.8) is 0 Å². The van der Waals surface area contributed by atoms with Gasteiger partial charge in [-0.1, -0.05) is 20.8 Å². The zero-order valence-corrected chi connectivity index (χ0v) is 12.8. The fraction of sp³-hybridized carbons (Fsp3) is 0.312. The van der Waals surface area contributed by atoms with Crippen molar-refractivity contribution in [2.45, 2.75) is 32.7 Å². The van der Waals surface area contributed by atoms with E-state index in [-0.39, 0.29) is 5.41 Å². The first-order valence-corrected chi connectivity index (χ1v) is 7.60. The summed E-state index contributed by atoms with van der Waals surface area (Å²) in [5.41, 5.74) is 2.44. The van der Waals surface area contributed by atoms with E-state index in [1.807, 2.05) is 17.5 Å². The highest BCUT2D eigenvalue weighted by Crippen LogP contribution is 2.30. The van der Waals surface area contributed by atoms with E-state index in [0.717, 1.165) is 23.1 Å². The second-order valence-electron chi connectivity index (χ2n) is 6.04. The first-order valence-electron chi connectivity index (χ1n) is 6.78. The van der Waals surface area contributed by atoms with Crippen molar-refractivity contribution in [1.82, 2.24) is 10.2 Å². The third-order valence-electron chi connectivity index (χ3n) is 3.31. The van der Waals surface area contributed by atoms with E-state index in [2.05, 4.69) is 66.6 Å². The molecular formula is C16H19N3S. The third-order valence-corrected chi connectivity index (χ3v) is 4.82. The van der Waals surface area contributed by atoms with Crippen LogP contribution in [0.3, 0.4) is 0 Å². The Kier molecular flexibility index (Phi) is 3.26. The topological polar surface area (TPSA) is 40.7 Å². The minimum atomic E-state index is 0.235. The van der Waals surface area contributed by atoms with Crippen LogP contribution in [0.15, 0.2) is 36.5 Å². The van der Waals surface area contributed by atoms with Crippen molar-refractivity contribution in [3.05, 3.63) is 46.3 Å². The van der Waals surface area contributed by atoms with Gasteiger partial charge in [-0.2, -0.15) is 5.10 Å². The molecule has 0 fully saturated rings. The van der Waals surface area contributed by atoms with Gasteiger partial charge < -0.3 is 5.32 Å². The molecule has 0 spiro atoms. The number of hydrogen-bond acceptors (Lipinski definition) is 3. The van der Waals surface area contributed by atoms with Crippen molar-refractivity contribution in [2.24, 2.45) is 0 Å². The summed E-state index contributed by atoms with van der Waals surface area (Å²) < 4.78 is 0. The van der Waals surface area contributed by atoms with Gasteiger partial charge in [0.05, 0.1) is 11.7 Å². The van der Waals surface area contributed by atoms with Gasteiger partial charge in [-0.15, -0.1) is 11.3 Å². The molecule has 0 atom stereocenters. The summed E-state index contributed by atoms with van der Waals surface area (Å²) in [6, 6.07) is 10.7. The van der Waals surface area contributed by atoms with Crippen LogP contribution in [0.25, 0.3) is 10.9 Å². The Labute approximate surface area is 123 Å². The van der Waals surface area contributed by atoms with E-state index in [1.165, 1.54) is 9.75 Å². The molecule has 4 heteroatoms. The van der Waals surface area contributed by atoms with E-state index in [0.29, 0.717) is 0 Å². The Morgan fingerprint density at radius 3 is 2.80 bits per heavy atom. The van der Waals surface area contributed by atoms with E-state index >= 15 is 0 Å². The molecule has 3 rings (SSSR count). The molecule has 0 radical (unpaired) electrons. The van der Waals surface area contributed by atoms with Crippen molar-refractivity contribution >= 4 is 27.9 Å². The maximum absolute atomic E-state index is 4.04. The first-order chi connectivity index (χ1) is 9.52. The first kappa shape index (κ1) is 13.2. The summed E-state index contributed by atoms with van der Waals surface area (Å²) in [6.07, 6.45) is 1.85. The average Bonchev–Trinajstić information content (AvgIpc) is 3.04. The van der Waals surface area contributed by atoms with Crippen LogP contribution in [0.2, 0.25) is 0 Å². The third kappa shape index (κ3) is 2.70. The van der Waals surface area contributed by atoms with Crippen molar-refractivity contribution < 1.29 is 0 Å². The average molecular weight is 285 g/mol. The van der Waals surface area contributed by atoms with Gasteiger partial charge in [-0.25, -0.2) is 0 Å². The molecule has 2 heterocycles. The number of nitrogens with zero attached hydrogens (tertiary/aromatic N) is 1. The van der Waals surface area contributed by atoms with Crippen molar-refractivity contribution in [2.75, 3.05) is 5.32 Å². The molecule has 0 bridgehead atoms. The number of anilines is 1. The summed E-state index contributed by atoms with van der Waals surface area (Å²) in [5.74, 6) is 0. The lowest BCUT2D eigenvalue weighted by Gasteiger charge is -2.15. The Morgan fingerprint density at radius 1 is 1.20 bits per heavy atom. The van der Waals surface area contributed by atoms with Gasteiger partial charge in [0.15, 0.2) is 0 Å². The lowest BCUT2D eigenvalue weighted by molar-refractivity contribution is 0.604. The highest BCUT2D eigenvalue weighted by Gasteiger charge is 2.15. The standard InChI is InChI=1S/C16H19N3S/c1-16(2,3)15-7-5-13(20-15)10-17-12-4-6-14-11(8-12)9-18-19-14/h4-9,17H,10H2,1-3H3,(H,18,19). The molecule has 2 aromatic heterocycles.